The van der Waals surface area contributed by atoms with Gasteiger partial charge in [0.15, 0.2) is 16.3 Å². The van der Waals surface area contributed by atoms with Crippen molar-refractivity contribution in [2.45, 2.75) is 44.3 Å². The molecule has 0 saturated heterocycles. The Bertz CT molecular complexity index is 865. The minimum Gasteiger partial charge on any atom is -0.549 e. The quantitative estimate of drug-likeness (QED) is 0.483. The predicted octanol–water partition coefficient (Wildman–Crippen LogP) is -0.144. The number of hydrogen-bond donors (Lipinski definition) is 0. The van der Waals surface area contributed by atoms with Gasteiger partial charge in [-0.25, -0.2) is 9.78 Å². The Morgan fingerprint density at radius 2 is 1.88 bits per heavy atom. The lowest BCUT2D eigenvalue weighted by molar-refractivity contribution is -0.301. The Balaban J connectivity index is 2.55. The van der Waals surface area contributed by atoms with E-state index in [2.05, 4.69) is 11.9 Å². The van der Waals surface area contributed by atoms with Crippen LogP contribution >= 0.6 is 11.8 Å². The number of carbonyl (C=O) groups excluding carboxylic acids is 1. The number of carbonyl (C=O) groups is 1. The molecule has 9 heteroatoms. The van der Waals surface area contributed by atoms with Gasteiger partial charge in [0, 0.05) is 26.4 Å². The smallest absolute Gasteiger partial charge is 0.332 e. The van der Waals surface area contributed by atoms with Crippen molar-refractivity contribution in [1.29, 1.82) is 0 Å². The summed E-state index contributed by atoms with van der Waals surface area (Å²) in [5.74, 6) is -1.46. The molecule has 0 amide bonds. The first-order valence-electron chi connectivity index (χ1n) is 7.87. The molecule has 0 unspecified atom stereocenters. The highest BCUT2D eigenvalue weighted by Gasteiger charge is 2.19. The molecule has 0 bridgehead atoms. The van der Waals surface area contributed by atoms with Gasteiger partial charge >= 0.3 is 5.69 Å². The zero-order valence-electron chi connectivity index (χ0n) is 14.1. The van der Waals surface area contributed by atoms with Gasteiger partial charge in [0.25, 0.3) is 5.56 Å². The number of thioether (sulfide) groups is 1. The van der Waals surface area contributed by atoms with Gasteiger partial charge in [-0.3, -0.25) is 13.9 Å². The van der Waals surface area contributed by atoms with Crippen molar-refractivity contribution < 1.29 is 9.90 Å². The summed E-state index contributed by atoms with van der Waals surface area (Å²) in [5.41, 5.74) is -0.271. The van der Waals surface area contributed by atoms with E-state index in [-0.39, 0.29) is 11.4 Å². The van der Waals surface area contributed by atoms with Crippen LogP contribution in [0.2, 0.25) is 0 Å². The SMILES string of the molecule is CCCCCCn1c(SCC(=O)[O-])nc2c1c(=O)n(C)c(=O)n2C. The van der Waals surface area contributed by atoms with Crippen LogP contribution in [0.25, 0.3) is 11.2 Å². The number of rotatable bonds is 8. The van der Waals surface area contributed by atoms with Crippen LogP contribution in [-0.4, -0.2) is 30.4 Å². The number of aryl methyl sites for hydroxylation is 2. The zero-order valence-corrected chi connectivity index (χ0v) is 14.9. The van der Waals surface area contributed by atoms with E-state index in [1.54, 1.807) is 11.6 Å². The lowest BCUT2D eigenvalue weighted by Gasteiger charge is -2.09. The van der Waals surface area contributed by atoms with Gasteiger partial charge < -0.3 is 14.5 Å². The molecule has 0 aliphatic heterocycles. The summed E-state index contributed by atoms with van der Waals surface area (Å²) in [6.07, 6.45) is 4.04. The maximum Gasteiger partial charge on any atom is 0.332 e. The lowest BCUT2D eigenvalue weighted by Crippen LogP contribution is -2.37. The fourth-order valence-electron chi connectivity index (χ4n) is 2.56. The van der Waals surface area contributed by atoms with Crippen molar-refractivity contribution >= 4 is 28.9 Å². The summed E-state index contributed by atoms with van der Waals surface area (Å²) >= 11 is 1.00. The molecule has 0 aliphatic carbocycles. The number of hydrogen-bond acceptors (Lipinski definition) is 6. The first-order chi connectivity index (χ1) is 11.4. The summed E-state index contributed by atoms with van der Waals surface area (Å²) in [6, 6.07) is 0. The summed E-state index contributed by atoms with van der Waals surface area (Å²) in [7, 11) is 2.97. The van der Waals surface area contributed by atoms with E-state index < -0.39 is 17.2 Å². The topological polar surface area (TPSA) is 102 Å². The van der Waals surface area contributed by atoms with E-state index in [1.165, 1.54) is 11.6 Å². The molecule has 2 rings (SSSR count). The van der Waals surface area contributed by atoms with Crippen molar-refractivity contribution in [2.75, 3.05) is 5.75 Å². The van der Waals surface area contributed by atoms with Gasteiger partial charge in [0.1, 0.15) is 0 Å². The van der Waals surface area contributed by atoms with Gasteiger partial charge in [0.05, 0.1) is 5.97 Å². The van der Waals surface area contributed by atoms with E-state index in [4.69, 9.17) is 0 Å². The fourth-order valence-corrected chi connectivity index (χ4v) is 3.30. The lowest BCUT2D eigenvalue weighted by atomic mass is 10.2. The fraction of sp³-hybridized carbons (Fsp3) is 0.600. The van der Waals surface area contributed by atoms with Gasteiger partial charge in [-0.05, 0) is 6.42 Å². The molecule has 24 heavy (non-hydrogen) atoms. The standard InChI is InChI=1S/C15H22N4O4S/c1-4-5-6-7-8-19-11-12(16-14(19)24-9-10(20)21)17(2)15(23)18(3)13(11)22/h4-9H2,1-3H3,(H,20,21)/p-1. The van der Waals surface area contributed by atoms with Gasteiger partial charge in [-0.2, -0.15) is 0 Å². The number of unbranched alkanes of at least 4 members (excludes halogenated alkanes) is 3. The van der Waals surface area contributed by atoms with Gasteiger partial charge in [-0.15, -0.1) is 0 Å². The molecule has 0 fully saturated rings. The average molecular weight is 353 g/mol. The molecular weight excluding hydrogens is 332 g/mol. The summed E-state index contributed by atoms with van der Waals surface area (Å²) in [6.45, 7) is 2.67. The third kappa shape index (κ3) is 3.55. The molecule has 2 aromatic heterocycles. The molecular formula is C15H21N4O4S-. The van der Waals surface area contributed by atoms with E-state index in [1.807, 2.05) is 0 Å². The van der Waals surface area contributed by atoms with Crippen LogP contribution in [0, 0.1) is 0 Å². The number of carboxylic acid groups (broad SMARTS) is 1. The minimum atomic E-state index is -1.20. The molecule has 2 heterocycles. The largest absolute Gasteiger partial charge is 0.549 e. The van der Waals surface area contributed by atoms with Crippen molar-refractivity contribution in [3.8, 4) is 0 Å². The minimum absolute atomic E-state index is 0.257. The molecule has 0 N–H and O–H groups in total. The molecule has 8 nitrogen and oxygen atoms in total. The van der Waals surface area contributed by atoms with E-state index in [0.717, 1.165) is 42.0 Å². The predicted molar refractivity (Wildman–Crippen MR) is 90.1 cm³/mol. The Morgan fingerprint density at radius 1 is 1.17 bits per heavy atom. The second-order valence-corrected chi connectivity index (χ2v) is 6.59. The van der Waals surface area contributed by atoms with Crippen molar-refractivity contribution in [3.63, 3.8) is 0 Å². The molecule has 0 aromatic carbocycles. The Hall–Kier alpha value is -2.03. The molecule has 0 aliphatic rings. The van der Waals surface area contributed by atoms with E-state index in [9.17, 15) is 19.5 Å². The van der Waals surface area contributed by atoms with Gasteiger partial charge in [-0.1, -0.05) is 37.9 Å². The van der Waals surface area contributed by atoms with Crippen molar-refractivity contribution in [3.05, 3.63) is 20.8 Å². The number of aromatic nitrogens is 4. The molecule has 0 saturated carbocycles. The second-order valence-electron chi connectivity index (χ2n) is 5.65. The number of fused-ring (bicyclic) bond motifs is 1. The molecule has 2 aromatic rings. The van der Waals surface area contributed by atoms with E-state index in [0.29, 0.717) is 17.2 Å². The van der Waals surface area contributed by atoms with E-state index >= 15 is 0 Å². The maximum atomic E-state index is 12.5. The molecule has 0 spiro atoms. The van der Waals surface area contributed by atoms with Crippen LogP contribution in [0.5, 0.6) is 0 Å². The van der Waals surface area contributed by atoms with Crippen LogP contribution < -0.4 is 16.4 Å². The maximum absolute atomic E-state index is 12.5. The van der Waals surface area contributed by atoms with Gasteiger partial charge in [0.2, 0.25) is 0 Å². The molecule has 0 radical (unpaired) electrons. The van der Waals surface area contributed by atoms with Crippen molar-refractivity contribution in [2.24, 2.45) is 14.1 Å². The Morgan fingerprint density at radius 3 is 2.50 bits per heavy atom. The highest BCUT2D eigenvalue weighted by Crippen LogP contribution is 2.22. The summed E-state index contributed by atoms with van der Waals surface area (Å²) in [5, 5.41) is 11.2. The summed E-state index contributed by atoms with van der Waals surface area (Å²) in [4.78, 5) is 39.6. The zero-order chi connectivity index (χ0) is 17.9. The second kappa shape index (κ2) is 7.69. The Labute approximate surface area is 143 Å². The number of carboxylic acids is 1. The Kier molecular flexibility index (Phi) is 5.87. The number of nitrogens with zero attached hydrogens (tertiary/aromatic N) is 4. The highest BCUT2D eigenvalue weighted by molar-refractivity contribution is 7.99. The van der Waals surface area contributed by atoms with Crippen LogP contribution in [0.15, 0.2) is 14.7 Å². The molecule has 132 valence electrons. The monoisotopic (exact) mass is 353 g/mol. The first-order valence-corrected chi connectivity index (χ1v) is 8.86. The van der Waals surface area contributed by atoms with Crippen molar-refractivity contribution in [1.82, 2.24) is 18.7 Å². The average Bonchev–Trinajstić information content (AvgIpc) is 2.91. The van der Waals surface area contributed by atoms with Crippen LogP contribution in [0.3, 0.4) is 0 Å². The number of imidazole rings is 1. The summed E-state index contributed by atoms with van der Waals surface area (Å²) < 4.78 is 4.07. The highest BCUT2D eigenvalue weighted by atomic mass is 32.2. The van der Waals surface area contributed by atoms with Crippen LogP contribution in [0.4, 0.5) is 0 Å². The number of aliphatic carboxylic acids is 1. The molecule has 0 atom stereocenters. The van der Waals surface area contributed by atoms with Crippen LogP contribution in [-0.2, 0) is 25.4 Å². The third-order valence-corrected chi connectivity index (χ3v) is 4.82. The van der Waals surface area contributed by atoms with Crippen LogP contribution in [0.1, 0.15) is 32.6 Å². The normalized spacial score (nSPS) is 11.3. The first kappa shape index (κ1) is 18.3. The third-order valence-electron chi connectivity index (χ3n) is 3.87.